The SMILES string of the molecule is CC1CC[C@@H](Nc2c(C(N)=O)cnn3cc(N4CCOCC4=O)cc23)C1(C)C. The molecule has 1 unspecified atom stereocenters. The van der Waals surface area contributed by atoms with Gasteiger partial charge in [-0.15, -0.1) is 0 Å². The van der Waals surface area contributed by atoms with Crippen molar-refractivity contribution in [2.75, 3.05) is 30.0 Å². The molecule has 3 N–H and O–H groups in total. The largest absolute Gasteiger partial charge is 0.379 e. The van der Waals surface area contributed by atoms with Crippen molar-refractivity contribution < 1.29 is 14.3 Å². The number of hydrogen-bond acceptors (Lipinski definition) is 5. The number of amides is 2. The smallest absolute Gasteiger partial charge is 0.253 e. The van der Waals surface area contributed by atoms with Crippen LogP contribution in [0.4, 0.5) is 11.4 Å². The molecule has 1 aliphatic heterocycles. The standard InChI is InChI=1S/C20H27N5O3/c1-12-4-5-16(20(12,2)3)23-18-14(19(21)27)9-22-25-10-13(8-15(18)25)24-6-7-28-11-17(24)26/h8-10,12,16,23H,4-7,11H2,1-3H3,(H2,21,27)/t12?,16-/m1/s1. The van der Waals surface area contributed by atoms with Crippen LogP contribution in [0.5, 0.6) is 0 Å². The van der Waals surface area contributed by atoms with Crippen LogP contribution in [0.3, 0.4) is 0 Å². The van der Waals surface area contributed by atoms with E-state index in [0.717, 1.165) is 24.0 Å². The van der Waals surface area contributed by atoms with Crippen LogP contribution in [-0.4, -0.2) is 47.2 Å². The molecule has 8 heteroatoms. The van der Waals surface area contributed by atoms with E-state index in [2.05, 4.69) is 31.2 Å². The number of fused-ring (bicyclic) bond motifs is 1. The summed E-state index contributed by atoms with van der Waals surface area (Å²) in [7, 11) is 0. The van der Waals surface area contributed by atoms with Crippen molar-refractivity contribution in [3.8, 4) is 0 Å². The van der Waals surface area contributed by atoms with Gasteiger partial charge in [0.2, 0.25) is 0 Å². The van der Waals surface area contributed by atoms with Crippen LogP contribution in [0.15, 0.2) is 18.5 Å². The number of carbonyl (C=O) groups excluding carboxylic acids is 2. The molecule has 0 bridgehead atoms. The molecule has 2 atom stereocenters. The van der Waals surface area contributed by atoms with Gasteiger partial charge in [-0.05, 0) is 30.2 Å². The molecule has 0 radical (unpaired) electrons. The van der Waals surface area contributed by atoms with Crippen molar-refractivity contribution in [2.24, 2.45) is 17.1 Å². The highest BCUT2D eigenvalue weighted by molar-refractivity contribution is 6.03. The van der Waals surface area contributed by atoms with Gasteiger partial charge >= 0.3 is 0 Å². The normalized spacial score (nSPS) is 24.7. The van der Waals surface area contributed by atoms with Crippen LogP contribution < -0.4 is 16.0 Å². The molecular weight excluding hydrogens is 358 g/mol. The van der Waals surface area contributed by atoms with Gasteiger partial charge in [0.1, 0.15) is 6.61 Å². The van der Waals surface area contributed by atoms with Crippen molar-refractivity contribution in [1.29, 1.82) is 0 Å². The molecule has 1 aliphatic carbocycles. The molecule has 150 valence electrons. The number of ether oxygens (including phenoxy) is 1. The van der Waals surface area contributed by atoms with E-state index in [1.807, 2.05) is 6.07 Å². The maximum Gasteiger partial charge on any atom is 0.253 e. The summed E-state index contributed by atoms with van der Waals surface area (Å²) in [5, 5.41) is 7.93. The first kappa shape index (κ1) is 18.7. The van der Waals surface area contributed by atoms with Gasteiger partial charge in [-0.2, -0.15) is 5.10 Å². The second-order valence-electron chi connectivity index (χ2n) is 8.42. The van der Waals surface area contributed by atoms with Crippen LogP contribution in [0, 0.1) is 11.3 Å². The van der Waals surface area contributed by atoms with Gasteiger partial charge in [0.15, 0.2) is 0 Å². The fourth-order valence-corrected chi connectivity index (χ4v) is 4.26. The number of nitrogens with one attached hydrogen (secondary N) is 1. The highest BCUT2D eigenvalue weighted by atomic mass is 16.5. The predicted molar refractivity (Wildman–Crippen MR) is 106 cm³/mol. The third-order valence-corrected chi connectivity index (χ3v) is 6.56. The Morgan fingerprint density at radius 1 is 1.39 bits per heavy atom. The molecule has 28 heavy (non-hydrogen) atoms. The Kier molecular flexibility index (Phi) is 4.53. The quantitative estimate of drug-likeness (QED) is 0.838. The van der Waals surface area contributed by atoms with Crippen molar-refractivity contribution >= 4 is 28.7 Å². The first-order valence-corrected chi connectivity index (χ1v) is 9.75. The number of carbonyl (C=O) groups is 2. The molecule has 1 saturated carbocycles. The fourth-order valence-electron chi connectivity index (χ4n) is 4.26. The minimum Gasteiger partial charge on any atom is -0.379 e. The van der Waals surface area contributed by atoms with Crippen LogP contribution in [0.1, 0.15) is 44.0 Å². The summed E-state index contributed by atoms with van der Waals surface area (Å²) in [5.41, 5.74) is 8.25. The van der Waals surface area contributed by atoms with Gasteiger partial charge in [0.05, 0.1) is 41.5 Å². The Morgan fingerprint density at radius 3 is 2.82 bits per heavy atom. The molecule has 3 heterocycles. The second-order valence-corrected chi connectivity index (χ2v) is 8.42. The first-order valence-electron chi connectivity index (χ1n) is 9.75. The lowest BCUT2D eigenvalue weighted by molar-refractivity contribution is -0.125. The minimum absolute atomic E-state index is 0.0748. The molecule has 0 aromatic carbocycles. The molecule has 2 amide bonds. The zero-order valence-electron chi connectivity index (χ0n) is 16.6. The molecule has 2 aromatic heterocycles. The number of primary amides is 1. The second kappa shape index (κ2) is 6.77. The van der Waals surface area contributed by atoms with Gasteiger partial charge in [-0.3, -0.25) is 9.59 Å². The number of hydrogen-bond donors (Lipinski definition) is 2. The fraction of sp³-hybridized carbons (Fsp3) is 0.550. The average molecular weight is 385 g/mol. The van der Waals surface area contributed by atoms with Gasteiger partial charge in [0, 0.05) is 12.6 Å². The van der Waals surface area contributed by atoms with E-state index in [9.17, 15) is 9.59 Å². The average Bonchev–Trinajstić information content (AvgIpc) is 3.18. The lowest BCUT2D eigenvalue weighted by Gasteiger charge is -2.33. The van der Waals surface area contributed by atoms with Crippen molar-refractivity contribution in [3.05, 3.63) is 24.0 Å². The summed E-state index contributed by atoms with van der Waals surface area (Å²) in [4.78, 5) is 26.0. The Labute approximate surface area is 164 Å². The minimum atomic E-state index is -0.522. The van der Waals surface area contributed by atoms with E-state index in [0.29, 0.717) is 30.3 Å². The van der Waals surface area contributed by atoms with Gasteiger partial charge in [-0.1, -0.05) is 20.8 Å². The third-order valence-electron chi connectivity index (χ3n) is 6.56. The topological polar surface area (TPSA) is 102 Å². The Hall–Kier alpha value is -2.61. The predicted octanol–water partition coefficient (Wildman–Crippen LogP) is 2.03. The highest BCUT2D eigenvalue weighted by Gasteiger charge is 2.41. The molecular formula is C20H27N5O3. The number of aromatic nitrogens is 2. The van der Waals surface area contributed by atoms with Crippen molar-refractivity contribution in [2.45, 2.75) is 39.7 Å². The molecule has 2 aliphatic rings. The van der Waals surface area contributed by atoms with Gasteiger partial charge < -0.3 is 20.7 Å². The lowest BCUT2D eigenvalue weighted by Crippen LogP contribution is -2.41. The summed E-state index contributed by atoms with van der Waals surface area (Å²) in [6.45, 7) is 7.83. The summed E-state index contributed by atoms with van der Waals surface area (Å²) in [6.07, 6.45) is 5.45. The van der Waals surface area contributed by atoms with Crippen molar-refractivity contribution in [1.82, 2.24) is 9.61 Å². The van der Waals surface area contributed by atoms with E-state index in [4.69, 9.17) is 10.5 Å². The van der Waals surface area contributed by atoms with Crippen LogP contribution in [-0.2, 0) is 9.53 Å². The molecule has 2 fully saturated rings. The summed E-state index contributed by atoms with van der Waals surface area (Å²) in [5.74, 6) is -0.0303. The molecule has 8 nitrogen and oxygen atoms in total. The van der Waals surface area contributed by atoms with Crippen LogP contribution >= 0.6 is 0 Å². The molecule has 4 rings (SSSR count). The number of anilines is 2. The molecule has 0 spiro atoms. The van der Waals surface area contributed by atoms with E-state index >= 15 is 0 Å². The maximum atomic E-state index is 12.2. The highest BCUT2D eigenvalue weighted by Crippen LogP contribution is 2.44. The number of rotatable bonds is 4. The van der Waals surface area contributed by atoms with Gasteiger partial charge in [-0.25, -0.2) is 4.52 Å². The van der Waals surface area contributed by atoms with Crippen molar-refractivity contribution in [3.63, 3.8) is 0 Å². The van der Waals surface area contributed by atoms with E-state index < -0.39 is 5.91 Å². The van der Waals surface area contributed by atoms with Crippen LogP contribution in [0.2, 0.25) is 0 Å². The Morgan fingerprint density at radius 2 is 2.18 bits per heavy atom. The maximum absolute atomic E-state index is 12.2. The number of nitrogens with zero attached hydrogens (tertiary/aromatic N) is 3. The first-order chi connectivity index (χ1) is 13.3. The number of morpholine rings is 1. The van der Waals surface area contributed by atoms with E-state index in [1.165, 1.54) is 6.20 Å². The molecule has 1 saturated heterocycles. The van der Waals surface area contributed by atoms with Gasteiger partial charge in [0.25, 0.3) is 11.8 Å². The summed E-state index contributed by atoms with van der Waals surface area (Å²) in [6, 6.07) is 2.10. The van der Waals surface area contributed by atoms with E-state index in [-0.39, 0.29) is 24.0 Å². The zero-order chi connectivity index (χ0) is 20.1. The lowest BCUT2D eigenvalue weighted by atomic mass is 9.80. The summed E-state index contributed by atoms with van der Waals surface area (Å²) < 4.78 is 6.91. The van der Waals surface area contributed by atoms with Crippen LogP contribution in [0.25, 0.3) is 5.52 Å². The third kappa shape index (κ3) is 3.01. The molecule has 2 aromatic rings. The Bertz CT molecular complexity index is 935. The zero-order valence-corrected chi connectivity index (χ0v) is 16.6. The van der Waals surface area contributed by atoms with E-state index in [1.54, 1.807) is 15.6 Å². The monoisotopic (exact) mass is 385 g/mol. The Balaban J connectivity index is 1.77. The number of nitrogens with two attached hydrogens (primary N) is 1. The summed E-state index contributed by atoms with van der Waals surface area (Å²) >= 11 is 0.